The Morgan fingerprint density at radius 1 is 1.24 bits per heavy atom. The van der Waals surface area contributed by atoms with Crippen molar-refractivity contribution in [1.29, 1.82) is 0 Å². The number of aromatic nitrogens is 1. The summed E-state index contributed by atoms with van der Waals surface area (Å²) in [7, 11) is 0. The summed E-state index contributed by atoms with van der Waals surface area (Å²) in [4.78, 5) is 18.8. The quantitative estimate of drug-likeness (QED) is 0.925. The van der Waals surface area contributed by atoms with Crippen LogP contribution in [-0.2, 0) is 0 Å². The Labute approximate surface area is 132 Å². The van der Waals surface area contributed by atoms with Gasteiger partial charge in [0, 0.05) is 35.6 Å². The number of halogens is 1. The Hall–Kier alpha value is -1.43. The maximum Gasteiger partial charge on any atom is 0.273 e. The number of hydrogen-bond acceptors (Lipinski definition) is 4. The van der Waals surface area contributed by atoms with Crippen LogP contribution in [0.25, 0.3) is 10.6 Å². The average molecular weight is 322 g/mol. The van der Waals surface area contributed by atoms with Gasteiger partial charge in [0.25, 0.3) is 5.91 Å². The van der Waals surface area contributed by atoms with Crippen molar-refractivity contribution in [1.82, 2.24) is 15.2 Å². The molecule has 0 spiro atoms. The summed E-state index contributed by atoms with van der Waals surface area (Å²) >= 11 is 7.38. The SMILES string of the molecule is O=C(c1csc(-c2ccc(Cl)cc2)n1)N1CCCNCC1. The lowest BCUT2D eigenvalue weighted by molar-refractivity contribution is 0.0761. The number of hydrogen-bond donors (Lipinski definition) is 1. The first-order valence-electron chi connectivity index (χ1n) is 6.95. The zero-order valence-corrected chi connectivity index (χ0v) is 13.1. The van der Waals surface area contributed by atoms with Gasteiger partial charge in [-0.2, -0.15) is 0 Å². The minimum absolute atomic E-state index is 0.0233. The van der Waals surface area contributed by atoms with Crippen LogP contribution >= 0.6 is 22.9 Å². The molecule has 2 aromatic rings. The molecule has 0 saturated carbocycles. The highest BCUT2D eigenvalue weighted by atomic mass is 35.5. The van der Waals surface area contributed by atoms with Crippen LogP contribution in [0.1, 0.15) is 16.9 Å². The van der Waals surface area contributed by atoms with Crippen molar-refractivity contribution >= 4 is 28.8 Å². The standard InChI is InChI=1S/C15H16ClN3OS/c16-12-4-2-11(3-5-12)14-18-13(10-21-14)15(20)19-8-1-6-17-7-9-19/h2-5,10,17H,1,6-9H2. The van der Waals surface area contributed by atoms with Gasteiger partial charge in [-0.1, -0.05) is 23.7 Å². The van der Waals surface area contributed by atoms with Crippen LogP contribution in [0.4, 0.5) is 0 Å². The third-order valence-electron chi connectivity index (χ3n) is 3.44. The van der Waals surface area contributed by atoms with E-state index in [1.54, 1.807) is 0 Å². The van der Waals surface area contributed by atoms with Gasteiger partial charge in [-0.25, -0.2) is 4.98 Å². The molecule has 1 fully saturated rings. The molecule has 4 nitrogen and oxygen atoms in total. The maximum atomic E-state index is 12.5. The van der Waals surface area contributed by atoms with Crippen LogP contribution in [0.2, 0.25) is 5.02 Å². The van der Waals surface area contributed by atoms with E-state index in [-0.39, 0.29) is 5.91 Å². The maximum absolute atomic E-state index is 12.5. The van der Waals surface area contributed by atoms with E-state index in [9.17, 15) is 4.79 Å². The van der Waals surface area contributed by atoms with Crippen LogP contribution < -0.4 is 5.32 Å². The molecule has 21 heavy (non-hydrogen) atoms. The predicted molar refractivity (Wildman–Crippen MR) is 86.0 cm³/mol. The smallest absolute Gasteiger partial charge is 0.273 e. The first-order valence-corrected chi connectivity index (χ1v) is 8.21. The van der Waals surface area contributed by atoms with Crippen molar-refractivity contribution in [2.75, 3.05) is 26.2 Å². The molecular weight excluding hydrogens is 306 g/mol. The number of thiazole rings is 1. The minimum atomic E-state index is 0.0233. The highest BCUT2D eigenvalue weighted by molar-refractivity contribution is 7.13. The van der Waals surface area contributed by atoms with E-state index in [1.807, 2.05) is 34.5 Å². The molecule has 2 heterocycles. The van der Waals surface area contributed by atoms with E-state index >= 15 is 0 Å². The molecule has 1 aromatic carbocycles. The molecule has 1 aliphatic rings. The summed E-state index contributed by atoms with van der Waals surface area (Å²) in [6, 6.07) is 7.51. The van der Waals surface area contributed by atoms with Gasteiger partial charge in [0.15, 0.2) is 0 Å². The summed E-state index contributed by atoms with van der Waals surface area (Å²) in [5.41, 5.74) is 1.52. The predicted octanol–water partition coefficient (Wildman–Crippen LogP) is 2.90. The molecule has 1 aromatic heterocycles. The molecule has 0 unspecified atom stereocenters. The molecule has 0 radical (unpaired) electrons. The van der Waals surface area contributed by atoms with Gasteiger partial charge in [0.2, 0.25) is 0 Å². The van der Waals surface area contributed by atoms with Gasteiger partial charge in [0.1, 0.15) is 10.7 Å². The number of rotatable bonds is 2. The van der Waals surface area contributed by atoms with Crippen LogP contribution in [0.3, 0.4) is 0 Å². The van der Waals surface area contributed by atoms with Crippen LogP contribution in [0.5, 0.6) is 0 Å². The second-order valence-electron chi connectivity index (χ2n) is 4.94. The van der Waals surface area contributed by atoms with Crippen molar-refractivity contribution in [2.45, 2.75) is 6.42 Å². The number of carbonyl (C=O) groups excluding carboxylic acids is 1. The molecule has 1 saturated heterocycles. The van der Waals surface area contributed by atoms with Crippen LogP contribution in [0.15, 0.2) is 29.6 Å². The normalized spacial score (nSPS) is 15.8. The van der Waals surface area contributed by atoms with Gasteiger partial charge in [-0.3, -0.25) is 4.79 Å². The largest absolute Gasteiger partial charge is 0.336 e. The third-order valence-corrected chi connectivity index (χ3v) is 4.59. The lowest BCUT2D eigenvalue weighted by Crippen LogP contribution is -2.34. The summed E-state index contributed by atoms with van der Waals surface area (Å²) in [5, 5.41) is 6.68. The first kappa shape index (κ1) is 14.5. The topological polar surface area (TPSA) is 45.2 Å². The zero-order chi connectivity index (χ0) is 14.7. The molecule has 1 amide bonds. The van der Waals surface area contributed by atoms with Gasteiger partial charge >= 0.3 is 0 Å². The number of amides is 1. The summed E-state index contributed by atoms with van der Waals surface area (Å²) < 4.78 is 0. The van der Waals surface area contributed by atoms with E-state index in [1.165, 1.54) is 11.3 Å². The first-order chi connectivity index (χ1) is 10.2. The van der Waals surface area contributed by atoms with Crippen LogP contribution in [0, 0.1) is 0 Å². The summed E-state index contributed by atoms with van der Waals surface area (Å²) in [5.74, 6) is 0.0233. The average Bonchev–Trinajstić information content (AvgIpc) is 2.83. The molecule has 0 aliphatic carbocycles. The van der Waals surface area contributed by atoms with E-state index in [0.717, 1.165) is 43.2 Å². The molecule has 6 heteroatoms. The highest BCUT2D eigenvalue weighted by Crippen LogP contribution is 2.25. The fourth-order valence-corrected chi connectivity index (χ4v) is 3.23. The second kappa shape index (κ2) is 6.56. The fourth-order valence-electron chi connectivity index (χ4n) is 2.31. The molecule has 0 atom stereocenters. The van der Waals surface area contributed by atoms with Gasteiger partial charge in [0.05, 0.1) is 0 Å². The van der Waals surface area contributed by atoms with E-state index in [0.29, 0.717) is 10.7 Å². The number of nitrogens with one attached hydrogen (secondary N) is 1. The van der Waals surface area contributed by atoms with E-state index in [4.69, 9.17) is 11.6 Å². The minimum Gasteiger partial charge on any atom is -0.336 e. The Morgan fingerprint density at radius 3 is 2.86 bits per heavy atom. The van der Waals surface area contributed by atoms with Crippen molar-refractivity contribution in [3.63, 3.8) is 0 Å². The number of nitrogens with zero attached hydrogens (tertiary/aromatic N) is 2. The Morgan fingerprint density at radius 2 is 2.05 bits per heavy atom. The number of carbonyl (C=O) groups is 1. The van der Waals surface area contributed by atoms with Crippen molar-refractivity contribution in [3.8, 4) is 10.6 Å². The van der Waals surface area contributed by atoms with Crippen LogP contribution in [-0.4, -0.2) is 42.0 Å². The zero-order valence-electron chi connectivity index (χ0n) is 11.5. The molecule has 3 rings (SSSR count). The molecule has 1 aliphatic heterocycles. The fraction of sp³-hybridized carbons (Fsp3) is 0.333. The third kappa shape index (κ3) is 3.43. The monoisotopic (exact) mass is 321 g/mol. The lowest BCUT2D eigenvalue weighted by Gasteiger charge is -2.18. The summed E-state index contributed by atoms with van der Waals surface area (Å²) in [6.45, 7) is 3.35. The highest BCUT2D eigenvalue weighted by Gasteiger charge is 2.19. The molecule has 1 N–H and O–H groups in total. The molecular formula is C15H16ClN3OS. The van der Waals surface area contributed by atoms with Crippen molar-refractivity contribution in [2.24, 2.45) is 0 Å². The van der Waals surface area contributed by atoms with E-state index in [2.05, 4.69) is 10.3 Å². The van der Waals surface area contributed by atoms with Gasteiger partial charge in [-0.15, -0.1) is 11.3 Å². The Balaban J connectivity index is 1.77. The lowest BCUT2D eigenvalue weighted by atomic mass is 10.2. The van der Waals surface area contributed by atoms with Crippen molar-refractivity contribution in [3.05, 3.63) is 40.4 Å². The van der Waals surface area contributed by atoms with E-state index < -0.39 is 0 Å². The summed E-state index contributed by atoms with van der Waals surface area (Å²) in [6.07, 6.45) is 0.986. The van der Waals surface area contributed by atoms with Gasteiger partial charge < -0.3 is 10.2 Å². The van der Waals surface area contributed by atoms with Crippen molar-refractivity contribution < 1.29 is 4.79 Å². The number of benzene rings is 1. The Kier molecular flexibility index (Phi) is 4.53. The second-order valence-corrected chi connectivity index (χ2v) is 6.24. The molecule has 110 valence electrons. The van der Waals surface area contributed by atoms with Gasteiger partial charge in [-0.05, 0) is 25.1 Å². The Bertz CT molecular complexity index is 618. The molecule has 0 bridgehead atoms.